The molecule has 0 fully saturated rings. The number of sulfonamides is 1. The summed E-state index contributed by atoms with van der Waals surface area (Å²) >= 11 is 0. The molecule has 9 nitrogen and oxygen atoms in total. The van der Waals surface area contributed by atoms with Crippen LogP contribution in [-0.2, 0) is 23.5 Å². The number of anilines is 1. The molecule has 0 atom stereocenters. The molecule has 2 heterocycles. The van der Waals surface area contributed by atoms with E-state index in [1.165, 1.54) is 10.9 Å². The molecule has 0 aromatic carbocycles. The number of aromatic nitrogens is 4. The van der Waals surface area contributed by atoms with Crippen molar-refractivity contribution >= 4 is 15.8 Å². The van der Waals surface area contributed by atoms with Gasteiger partial charge in [0.05, 0.1) is 6.33 Å². The van der Waals surface area contributed by atoms with Crippen LogP contribution in [0.3, 0.4) is 0 Å². The van der Waals surface area contributed by atoms with Crippen molar-refractivity contribution in [3.8, 4) is 0 Å². The van der Waals surface area contributed by atoms with Gasteiger partial charge in [-0.2, -0.15) is 4.98 Å². The highest BCUT2D eigenvalue weighted by atomic mass is 32.2. The lowest BCUT2D eigenvalue weighted by molar-refractivity contribution is 0.387. The molecular formula is C9H14N6O3S. The summed E-state index contributed by atoms with van der Waals surface area (Å²) in [4.78, 5) is 7.71. The highest BCUT2D eigenvalue weighted by Gasteiger charge is 2.21. The summed E-state index contributed by atoms with van der Waals surface area (Å²) < 4.78 is 32.6. The third kappa shape index (κ3) is 2.90. The van der Waals surface area contributed by atoms with E-state index in [1.807, 2.05) is 0 Å². The molecule has 0 spiro atoms. The van der Waals surface area contributed by atoms with Crippen LogP contribution in [-0.4, -0.2) is 34.7 Å². The van der Waals surface area contributed by atoms with Gasteiger partial charge < -0.3 is 14.8 Å². The number of nitrogens with zero attached hydrogens (tertiary/aromatic N) is 4. The third-order valence-electron chi connectivity index (χ3n) is 2.37. The van der Waals surface area contributed by atoms with Crippen molar-refractivity contribution < 1.29 is 12.9 Å². The van der Waals surface area contributed by atoms with E-state index in [0.717, 1.165) is 0 Å². The van der Waals surface area contributed by atoms with Crippen molar-refractivity contribution in [2.75, 3.05) is 12.3 Å². The zero-order chi connectivity index (χ0) is 14.0. The Morgan fingerprint density at radius 2 is 2.26 bits per heavy atom. The lowest BCUT2D eigenvalue weighted by atomic mass is 10.4. The molecule has 0 aliphatic rings. The predicted octanol–water partition coefficient (Wildman–Crippen LogP) is -0.785. The summed E-state index contributed by atoms with van der Waals surface area (Å²) in [5, 5.41) is 3.61. The van der Waals surface area contributed by atoms with E-state index in [1.54, 1.807) is 14.0 Å². The van der Waals surface area contributed by atoms with Crippen molar-refractivity contribution in [2.24, 2.45) is 7.05 Å². The van der Waals surface area contributed by atoms with Crippen molar-refractivity contribution in [1.29, 1.82) is 0 Å². The number of nitrogens with one attached hydrogen (secondary N) is 1. The molecule has 104 valence electrons. The van der Waals surface area contributed by atoms with Crippen LogP contribution in [0, 0.1) is 6.92 Å². The Bertz CT molecular complexity index is 654. The highest BCUT2D eigenvalue weighted by Crippen LogP contribution is 2.14. The Labute approximate surface area is 109 Å². The van der Waals surface area contributed by atoms with Gasteiger partial charge in [0, 0.05) is 26.9 Å². The maximum absolute atomic E-state index is 12.0. The zero-order valence-corrected chi connectivity index (χ0v) is 11.3. The first-order valence-electron chi connectivity index (χ1n) is 5.46. The van der Waals surface area contributed by atoms with Crippen LogP contribution in [0.2, 0.25) is 0 Å². The Balaban J connectivity index is 2.03. The number of hydrogen-bond acceptors (Lipinski definition) is 7. The molecule has 3 N–H and O–H groups in total. The van der Waals surface area contributed by atoms with Gasteiger partial charge in [0.15, 0.2) is 16.7 Å². The van der Waals surface area contributed by atoms with Crippen LogP contribution < -0.4 is 10.5 Å². The number of hydrogen-bond donors (Lipinski definition) is 2. The summed E-state index contributed by atoms with van der Waals surface area (Å²) in [5.41, 5.74) is 5.52. The Hall–Kier alpha value is -1.94. The smallest absolute Gasteiger partial charge is 0.260 e. The first kappa shape index (κ1) is 13.5. The first-order valence-corrected chi connectivity index (χ1v) is 6.94. The Morgan fingerprint density at radius 3 is 2.79 bits per heavy atom. The molecule has 0 unspecified atom stereocenters. The molecule has 2 aromatic heterocycles. The summed E-state index contributed by atoms with van der Waals surface area (Å²) in [6.45, 7) is 1.81. The van der Waals surface area contributed by atoms with Gasteiger partial charge in [0.25, 0.3) is 10.0 Å². The van der Waals surface area contributed by atoms with E-state index >= 15 is 0 Å². The highest BCUT2D eigenvalue weighted by molar-refractivity contribution is 7.89. The summed E-state index contributed by atoms with van der Waals surface area (Å²) in [5.74, 6) is 0.845. The fraction of sp³-hybridized carbons (Fsp3) is 0.444. The fourth-order valence-electron chi connectivity index (χ4n) is 1.57. The standard InChI is InChI=1S/C9H14N6O3S/c1-6-13-7(14-18-6)3-4-12-19(16,17)9-8(10)11-5-15(9)2/h5,12H,3-4,10H2,1-2H3. The fourth-order valence-corrected chi connectivity index (χ4v) is 2.83. The Morgan fingerprint density at radius 1 is 1.53 bits per heavy atom. The molecule has 2 rings (SSSR count). The minimum absolute atomic E-state index is 0.0367. The number of rotatable bonds is 5. The monoisotopic (exact) mass is 286 g/mol. The normalized spacial score (nSPS) is 11.9. The second kappa shape index (κ2) is 4.97. The van der Waals surface area contributed by atoms with Crippen LogP contribution >= 0.6 is 0 Å². The predicted molar refractivity (Wildman–Crippen MR) is 65.5 cm³/mol. The van der Waals surface area contributed by atoms with Gasteiger partial charge in [0.2, 0.25) is 5.89 Å². The Kier molecular flexibility index (Phi) is 3.53. The number of imidazole rings is 1. The van der Waals surface area contributed by atoms with Crippen LogP contribution in [0.25, 0.3) is 0 Å². The van der Waals surface area contributed by atoms with Crippen LogP contribution in [0.4, 0.5) is 5.82 Å². The molecule has 0 saturated heterocycles. The lowest BCUT2D eigenvalue weighted by Gasteiger charge is -2.06. The van der Waals surface area contributed by atoms with E-state index in [4.69, 9.17) is 10.3 Å². The molecule has 0 amide bonds. The van der Waals surface area contributed by atoms with Gasteiger partial charge in [-0.25, -0.2) is 18.1 Å². The first-order chi connectivity index (χ1) is 8.90. The van der Waals surface area contributed by atoms with E-state index in [0.29, 0.717) is 18.1 Å². The van der Waals surface area contributed by atoms with Crippen LogP contribution in [0.5, 0.6) is 0 Å². The molecule has 2 aromatic rings. The van der Waals surface area contributed by atoms with Gasteiger partial charge in [-0.3, -0.25) is 0 Å². The SMILES string of the molecule is Cc1nc(CCNS(=O)(=O)c2c(N)ncn2C)no1. The van der Waals surface area contributed by atoms with Gasteiger partial charge in [-0.05, 0) is 0 Å². The number of aryl methyl sites for hydroxylation is 2. The second-order valence-corrected chi connectivity index (χ2v) is 5.61. The molecule has 0 aliphatic carbocycles. The maximum Gasteiger partial charge on any atom is 0.260 e. The topological polar surface area (TPSA) is 129 Å². The average molecular weight is 286 g/mol. The molecular weight excluding hydrogens is 272 g/mol. The molecule has 19 heavy (non-hydrogen) atoms. The van der Waals surface area contributed by atoms with E-state index in [9.17, 15) is 8.42 Å². The molecule has 0 radical (unpaired) electrons. The van der Waals surface area contributed by atoms with Gasteiger partial charge in [-0.1, -0.05) is 5.16 Å². The molecule has 0 aliphatic heterocycles. The third-order valence-corrected chi connectivity index (χ3v) is 3.96. The van der Waals surface area contributed by atoms with Crippen molar-refractivity contribution in [3.05, 3.63) is 18.0 Å². The van der Waals surface area contributed by atoms with E-state index in [2.05, 4.69) is 19.8 Å². The number of nitrogen functional groups attached to an aromatic ring is 1. The molecule has 0 bridgehead atoms. The minimum atomic E-state index is -3.70. The van der Waals surface area contributed by atoms with E-state index in [-0.39, 0.29) is 17.4 Å². The summed E-state index contributed by atoms with van der Waals surface area (Å²) in [6, 6.07) is 0. The van der Waals surface area contributed by atoms with Crippen molar-refractivity contribution in [1.82, 2.24) is 24.4 Å². The van der Waals surface area contributed by atoms with Gasteiger partial charge in [-0.15, -0.1) is 0 Å². The van der Waals surface area contributed by atoms with Crippen molar-refractivity contribution in [3.63, 3.8) is 0 Å². The quantitative estimate of drug-likeness (QED) is 0.737. The van der Waals surface area contributed by atoms with Crippen LogP contribution in [0.1, 0.15) is 11.7 Å². The molecule has 10 heteroatoms. The largest absolute Gasteiger partial charge is 0.381 e. The lowest BCUT2D eigenvalue weighted by Crippen LogP contribution is -2.28. The zero-order valence-electron chi connectivity index (χ0n) is 10.5. The van der Waals surface area contributed by atoms with E-state index < -0.39 is 10.0 Å². The van der Waals surface area contributed by atoms with Gasteiger partial charge in [0.1, 0.15) is 0 Å². The second-order valence-electron chi connectivity index (χ2n) is 3.92. The maximum atomic E-state index is 12.0. The summed E-state index contributed by atoms with van der Waals surface area (Å²) in [7, 11) is -2.15. The minimum Gasteiger partial charge on any atom is -0.381 e. The summed E-state index contributed by atoms with van der Waals surface area (Å²) in [6.07, 6.45) is 1.67. The van der Waals surface area contributed by atoms with Crippen LogP contribution in [0.15, 0.2) is 15.9 Å². The molecule has 0 saturated carbocycles. The average Bonchev–Trinajstić information content (AvgIpc) is 2.86. The number of nitrogens with two attached hydrogens (primary N) is 1. The van der Waals surface area contributed by atoms with Crippen molar-refractivity contribution in [2.45, 2.75) is 18.4 Å². The van der Waals surface area contributed by atoms with Gasteiger partial charge >= 0.3 is 0 Å².